The summed E-state index contributed by atoms with van der Waals surface area (Å²) in [5, 5.41) is 8.87. The monoisotopic (exact) mass is 448 g/mol. The number of hydrogen-bond donors (Lipinski definition) is 1. The van der Waals surface area contributed by atoms with E-state index in [2.05, 4.69) is 21.3 Å². The van der Waals surface area contributed by atoms with E-state index in [9.17, 15) is 9.59 Å². The minimum absolute atomic E-state index is 0.0982. The van der Waals surface area contributed by atoms with E-state index in [-0.39, 0.29) is 11.8 Å². The quantitative estimate of drug-likeness (QED) is 0.601. The number of benzene rings is 1. The molecule has 0 atom stereocenters. The van der Waals surface area contributed by atoms with Crippen molar-refractivity contribution in [1.29, 1.82) is 0 Å². The van der Waals surface area contributed by atoms with Gasteiger partial charge in [0.05, 0.1) is 23.4 Å². The smallest absolute Gasteiger partial charge is 0.251 e. The molecule has 4 rings (SSSR count). The number of pyridine rings is 1. The van der Waals surface area contributed by atoms with E-state index in [1.54, 1.807) is 13.1 Å². The van der Waals surface area contributed by atoms with Crippen LogP contribution in [0, 0.1) is 0 Å². The molecule has 8 heteroatoms. The number of aromatic nitrogens is 3. The van der Waals surface area contributed by atoms with Crippen molar-refractivity contribution in [2.45, 2.75) is 38.8 Å². The van der Waals surface area contributed by atoms with Crippen LogP contribution in [0.25, 0.3) is 10.9 Å². The first-order valence-electron chi connectivity index (χ1n) is 11.5. The second kappa shape index (κ2) is 10.1. The standard InChI is InChI=1S/C25H32N6O2/c1-18(32)30-12-8-19(9-13-30)24-16-22(17-29(2)3)31(28-24)14-11-27-25(33)21-6-7-23-20(15-21)5-4-10-26-23/h4-7,10,15-16,19H,8-9,11-14,17H2,1-3H3,(H,27,33). The number of carbonyl (C=O) groups is 2. The van der Waals surface area contributed by atoms with E-state index in [4.69, 9.17) is 5.10 Å². The Morgan fingerprint density at radius 3 is 2.67 bits per heavy atom. The van der Waals surface area contributed by atoms with Gasteiger partial charge in [-0.15, -0.1) is 0 Å². The zero-order valence-electron chi connectivity index (χ0n) is 19.6. The number of nitrogens with zero attached hydrogens (tertiary/aromatic N) is 5. The van der Waals surface area contributed by atoms with Crippen LogP contribution in [0.3, 0.4) is 0 Å². The largest absolute Gasteiger partial charge is 0.350 e. The van der Waals surface area contributed by atoms with Crippen LogP contribution in [-0.2, 0) is 17.9 Å². The fourth-order valence-electron chi connectivity index (χ4n) is 4.41. The predicted molar refractivity (Wildman–Crippen MR) is 128 cm³/mol. The van der Waals surface area contributed by atoms with E-state index < -0.39 is 0 Å². The summed E-state index contributed by atoms with van der Waals surface area (Å²) in [6.45, 7) is 5.09. The summed E-state index contributed by atoms with van der Waals surface area (Å²) in [6, 6.07) is 11.6. The van der Waals surface area contributed by atoms with Crippen molar-refractivity contribution < 1.29 is 9.59 Å². The van der Waals surface area contributed by atoms with E-state index >= 15 is 0 Å². The van der Waals surface area contributed by atoms with Crippen LogP contribution in [0.2, 0.25) is 0 Å². The molecular weight excluding hydrogens is 416 g/mol. The minimum Gasteiger partial charge on any atom is -0.350 e. The van der Waals surface area contributed by atoms with Gasteiger partial charge >= 0.3 is 0 Å². The molecule has 0 bridgehead atoms. The molecule has 0 spiro atoms. The van der Waals surface area contributed by atoms with Gasteiger partial charge in [-0.25, -0.2) is 0 Å². The van der Waals surface area contributed by atoms with Gasteiger partial charge in [-0.2, -0.15) is 5.10 Å². The Bertz CT molecular complexity index is 1130. The average molecular weight is 449 g/mol. The molecule has 0 saturated carbocycles. The van der Waals surface area contributed by atoms with Crippen LogP contribution < -0.4 is 5.32 Å². The van der Waals surface area contributed by atoms with Crippen molar-refractivity contribution in [2.24, 2.45) is 0 Å². The maximum absolute atomic E-state index is 12.7. The van der Waals surface area contributed by atoms with Crippen molar-refractivity contribution >= 4 is 22.7 Å². The maximum Gasteiger partial charge on any atom is 0.251 e. The van der Waals surface area contributed by atoms with Crippen LogP contribution >= 0.6 is 0 Å². The summed E-state index contributed by atoms with van der Waals surface area (Å²) in [6.07, 6.45) is 3.62. The molecule has 1 aliphatic heterocycles. The first-order valence-corrected chi connectivity index (χ1v) is 11.5. The first-order chi connectivity index (χ1) is 15.9. The number of likely N-dealkylation sites (tertiary alicyclic amines) is 1. The summed E-state index contributed by atoms with van der Waals surface area (Å²) >= 11 is 0. The fraction of sp³-hybridized carbons (Fsp3) is 0.440. The molecule has 0 unspecified atom stereocenters. The Morgan fingerprint density at radius 2 is 1.94 bits per heavy atom. The van der Waals surface area contributed by atoms with Gasteiger partial charge in [0.2, 0.25) is 5.91 Å². The van der Waals surface area contributed by atoms with Gasteiger partial charge in [0.25, 0.3) is 5.91 Å². The molecule has 2 aromatic heterocycles. The topological polar surface area (TPSA) is 83.4 Å². The number of fused-ring (bicyclic) bond motifs is 1. The van der Waals surface area contributed by atoms with Crippen molar-refractivity contribution in [1.82, 2.24) is 29.9 Å². The number of rotatable bonds is 7. The van der Waals surface area contributed by atoms with Gasteiger partial charge in [-0.1, -0.05) is 6.07 Å². The summed E-state index contributed by atoms with van der Waals surface area (Å²) in [5.74, 6) is 0.410. The highest BCUT2D eigenvalue weighted by Crippen LogP contribution is 2.28. The number of amides is 2. The van der Waals surface area contributed by atoms with Crippen LogP contribution in [0.1, 0.15) is 47.4 Å². The van der Waals surface area contributed by atoms with Gasteiger partial charge in [0.15, 0.2) is 0 Å². The van der Waals surface area contributed by atoms with E-state index in [0.29, 0.717) is 24.6 Å². The lowest BCUT2D eigenvalue weighted by Gasteiger charge is -2.30. The lowest BCUT2D eigenvalue weighted by atomic mass is 9.93. The Morgan fingerprint density at radius 1 is 1.15 bits per heavy atom. The molecule has 8 nitrogen and oxygen atoms in total. The van der Waals surface area contributed by atoms with Gasteiger partial charge in [0.1, 0.15) is 0 Å². The molecule has 0 aliphatic carbocycles. The molecule has 1 aromatic carbocycles. The van der Waals surface area contributed by atoms with Gasteiger partial charge in [-0.3, -0.25) is 19.3 Å². The Labute approximate surface area is 194 Å². The highest BCUT2D eigenvalue weighted by molar-refractivity contribution is 5.97. The Hall–Kier alpha value is -3.26. The number of hydrogen-bond acceptors (Lipinski definition) is 5. The molecule has 1 aliphatic rings. The van der Waals surface area contributed by atoms with Gasteiger partial charge in [0, 0.05) is 56.2 Å². The third-order valence-corrected chi connectivity index (χ3v) is 6.19. The second-order valence-electron chi connectivity index (χ2n) is 8.97. The lowest BCUT2D eigenvalue weighted by molar-refractivity contribution is -0.129. The number of nitrogens with one attached hydrogen (secondary N) is 1. The third-order valence-electron chi connectivity index (χ3n) is 6.19. The third kappa shape index (κ3) is 5.57. The molecule has 1 N–H and O–H groups in total. The fourth-order valence-corrected chi connectivity index (χ4v) is 4.41. The maximum atomic E-state index is 12.7. The molecule has 3 aromatic rings. The molecule has 3 heterocycles. The van der Waals surface area contributed by atoms with Crippen molar-refractivity contribution in [3.63, 3.8) is 0 Å². The molecular formula is C25H32N6O2. The van der Waals surface area contributed by atoms with Crippen molar-refractivity contribution in [2.75, 3.05) is 33.7 Å². The Kier molecular flexibility index (Phi) is 7.03. The zero-order chi connectivity index (χ0) is 23.4. The number of piperidine rings is 1. The molecule has 33 heavy (non-hydrogen) atoms. The normalized spacial score (nSPS) is 14.7. The highest BCUT2D eigenvalue weighted by Gasteiger charge is 2.24. The molecule has 1 saturated heterocycles. The molecule has 0 radical (unpaired) electrons. The van der Waals surface area contributed by atoms with Crippen LogP contribution in [0.15, 0.2) is 42.6 Å². The SMILES string of the molecule is CC(=O)N1CCC(c2cc(CN(C)C)n(CCNC(=O)c3ccc4ncccc4c3)n2)CC1. The van der Waals surface area contributed by atoms with Crippen molar-refractivity contribution in [3.05, 3.63) is 59.5 Å². The average Bonchev–Trinajstić information content (AvgIpc) is 3.20. The summed E-state index contributed by atoms with van der Waals surface area (Å²) in [7, 11) is 4.08. The van der Waals surface area contributed by atoms with Gasteiger partial charge < -0.3 is 15.1 Å². The van der Waals surface area contributed by atoms with Crippen molar-refractivity contribution in [3.8, 4) is 0 Å². The van der Waals surface area contributed by atoms with E-state index in [0.717, 1.165) is 54.8 Å². The summed E-state index contributed by atoms with van der Waals surface area (Å²) in [5.41, 5.74) is 3.72. The Balaban J connectivity index is 1.40. The van der Waals surface area contributed by atoms with Crippen LogP contribution in [0.4, 0.5) is 0 Å². The molecule has 174 valence electrons. The van der Waals surface area contributed by atoms with E-state index in [1.165, 1.54) is 0 Å². The highest BCUT2D eigenvalue weighted by atomic mass is 16.2. The second-order valence-corrected chi connectivity index (χ2v) is 8.97. The van der Waals surface area contributed by atoms with Crippen LogP contribution in [-0.4, -0.2) is 70.1 Å². The lowest BCUT2D eigenvalue weighted by Crippen LogP contribution is -2.36. The molecule has 2 amide bonds. The summed E-state index contributed by atoms with van der Waals surface area (Å²) < 4.78 is 2.01. The van der Waals surface area contributed by atoms with Gasteiger partial charge in [-0.05, 0) is 57.3 Å². The summed E-state index contributed by atoms with van der Waals surface area (Å²) in [4.78, 5) is 32.6. The first kappa shape index (κ1) is 22.9. The zero-order valence-corrected chi connectivity index (χ0v) is 19.6. The number of carbonyl (C=O) groups excluding carboxylic acids is 2. The molecule has 1 fully saturated rings. The van der Waals surface area contributed by atoms with E-state index in [1.807, 2.05) is 54.0 Å². The minimum atomic E-state index is -0.0982. The predicted octanol–water partition coefficient (Wildman–Crippen LogP) is 2.65. The van der Waals surface area contributed by atoms with Crippen LogP contribution in [0.5, 0.6) is 0 Å².